The summed E-state index contributed by atoms with van der Waals surface area (Å²) < 4.78 is 5.78. The molecule has 1 N–H and O–H groups in total. The number of hydrogen-bond acceptors (Lipinski definition) is 2. The minimum atomic E-state index is -0.225. The van der Waals surface area contributed by atoms with E-state index in [1.165, 1.54) is 0 Å². The fraction of sp³-hybridized carbons (Fsp3) is 0.278. The summed E-state index contributed by atoms with van der Waals surface area (Å²) in [4.78, 5) is 14.1. The molecule has 1 aliphatic rings. The van der Waals surface area contributed by atoms with E-state index in [1.807, 2.05) is 42.5 Å². The van der Waals surface area contributed by atoms with Crippen molar-refractivity contribution in [2.75, 3.05) is 19.7 Å². The zero-order chi connectivity index (χ0) is 16.9. The Labute approximate surface area is 151 Å². The standard InChI is InChI=1S/C18H18Cl2N2O2/c19-15-8-14(9-16(20)10-15)17-12-22(6-7-24-17)18(23)21-11-13-4-2-1-3-5-13/h1-5,8-10,17H,6-7,11-12H2,(H,21,23). The first-order valence-corrected chi connectivity index (χ1v) is 8.52. The van der Waals surface area contributed by atoms with Crippen LogP contribution in [0.4, 0.5) is 4.79 Å². The molecule has 6 heteroatoms. The van der Waals surface area contributed by atoms with Crippen molar-refractivity contribution in [3.63, 3.8) is 0 Å². The van der Waals surface area contributed by atoms with Crippen molar-refractivity contribution in [3.05, 3.63) is 69.7 Å². The van der Waals surface area contributed by atoms with Crippen molar-refractivity contribution < 1.29 is 9.53 Å². The molecule has 4 nitrogen and oxygen atoms in total. The van der Waals surface area contributed by atoms with Gasteiger partial charge in [-0.15, -0.1) is 0 Å². The molecular weight excluding hydrogens is 347 g/mol. The van der Waals surface area contributed by atoms with Crippen LogP contribution in [-0.2, 0) is 11.3 Å². The van der Waals surface area contributed by atoms with Gasteiger partial charge in [-0.2, -0.15) is 0 Å². The van der Waals surface area contributed by atoms with Crippen LogP contribution in [0.3, 0.4) is 0 Å². The molecule has 0 spiro atoms. The van der Waals surface area contributed by atoms with Gasteiger partial charge in [-0.1, -0.05) is 53.5 Å². The Morgan fingerprint density at radius 1 is 1.17 bits per heavy atom. The van der Waals surface area contributed by atoms with Crippen LogP contribution in [0.2, 0.25) is 10.0 Å². The number of morpholine rings is 1. The fourth-order valence-corrected chi connectivity index (χ4v) is 3.22. The normalized spacial score (nSPS) is 17.6. The van der Waals surface area contributed by atoms with E-state index < -0.39 is 0 Å². The second kappa shape index (κ2) is 7.88. The molecule has 2 aromatic carbocycles. The maximum atomic E-state index is 12.4. The quantitative estimate of drug-likeness (QED) is 0.882. The highest BCUT2D eigenvalue weighted by Gasteiger charge is 2.25. The Bertz CT molecular complexity index is 689. The van der Waals surface area contributed by atoms with Gasteiger partial charge in [-0.3, -0.25) is 0 Å². The number of nitrogens with one attached hydrogen (secondary N) is 1. The van der Waals surface area contributed by atoms with Crippen molar-refractivity contribution in [1.29, 1.82) is 0 Å². The molecule has 1 aliphatic heterocycles. The number of carbonyl (C=O) groups is 1. The smallest absolute Gasteiger partial charge is 0.317 e. The largest absolute Gasteiger partial charge is 0.370 e. The number of halogens is 2. The minimum Gasteiger partial charge on any atom is -0.370 e. The first-order valence-electron chi connectivity index (χ1n) is 7.76. The molecule has 1 unspecified atom stereocenters. The summed E-state index contributed by atoms with van der Waals surface area (Å²) in [6.07, 6.45) is -0.225. The van der Waals surface area contributed by atoms with Crippen LogP contribution in [0.1, 0.15) is 17.2 Å². The third-order valence-electron chi connectivity index (χ3n) is 3.90. The molecule has 0 aliphatic carbocycles. The van der Waals surface area contributed by atoms with Crippen molar-refractivity contribution in [3.8, 4) is 0 Å². The van der Waals surface area contributed by atoms with Crippen molar-refractivity contribution in [1.82, 2.24) is 10.2 Å². The SMILES string of the molecule is O=C(NCc1ccccc1)N1CCOC(c2cc(Cl)cc(Cl)c2)C1. The maximum absolute atomic E-state index is 12.4. The molecule has 1 heterocycles. The Hall–Kier alpha value is -1.75. The lowest BCUT2D eigenvalue weighted by molar-refractivity contribution is -0.0154. The van der Waals surface area contributed by atoms with E-state index in [0.717, 1.165) is 11.1 Å². The molecule has 0 radical (unpaired) electrons. The Balaban J connectivity index is 1.61. The van der Waals surface area contributed by atoms with E-state index >= 15 is 0 Å². The lowest BCUT2D eigenvalue weighted by Crippen LogP contribution is -2.46. The highest BCUT2D eigenvalue weighted by atomic mass is 35.5. The van der Waals surface area contributed by atoms with Crippen LogP contribution in [-0.4, -0.2) is 30.6 Å². The predicted molar refractivity (Wildman–Crippen MR) is 95.4 cm³/mol. The number of nitrogens with zero attached hydrogens (tertiary/aromatic N) is 1. The molecule has 1 atom stereocenters. The van der Waals surface area contributed by atoms with Gasteiger partial charge in [0.05, 0.1) is 13.2 Å². The maximum Gasteiger partial charge on any atom is 0.317 e. The predicted octanol–water partition coefficient (Wildman–Crippen LogP) is 4.28. The van der Waals surface area contributed by atoms with Gasteiger partial charge in [0.2, 0.25) is 0 Å². The zero-order valence-corrected chi connectivity index (χ0v) is 14.6. The first kappa shape index (κ1) is 17.1. The minimum absolute atomic E-state index is 0.0970. The van der Waals surface area contributed by atoms with Crippen molar-refractivity contribution in [2.45, 2.75) is 12.6 Å². The Kier molecular flexibility index (Phi) is 5.61. The summed E-state index contributed by atoms with van der Waals surface area (Å²) >= 11 is 12.1. The number of ether oxygens (including phenoxy) is 1. The van der Waals surface area contributed by atoms with E-state index in [1.54, 1.807) is 11.0 Å². The summed E-state index contributed by atoms with van der Waals surface area (Å²) in [7, 11) is 0. The van der Waals surface area contributed by atoms with Crippen LogP contribution >= 0.6 is 23.2 Å². The number of benzene rings is 2. The average molecular weight is 365 g/mol. The molecule has 1 fully saturated rings. The lowest BCUT2D eigenvalue weighted by Gasteiger charge is -2.33. The van der Waals surface area contributed by atoms with E-state index in [-0.39, 0.29) is 12.1 Å². The molecule has 0 saturated carbocycles. The number of amides is 2. The molecule has 2 aromatic rings. The van der Waals surface area contributed by atoms with Gasteiger partial charge in [0.25, 0.3) is 0 Å². The van der Waals surface area contributed by atoms with Gasteiger partial charge in [0.15, 0.2) is 0 Å². The number of carbonyl (C=O) groups excluding carboxylic acids is 1. The van der Waals surface area contributed by atoms with Gasteiger partial charge < -0.3 is 15.0 Å². The zero-order valence-electron chi connectivity index (χ0n) is 13.0. The Morgan fingerprint density at radius 3 is 2.58 bits per heavy atom. The summed E-state index contributed by atoms with van der Waals surface area (Å²) in [6, 6.07) is 15.1. The van der Waals surface area contributed by atoms with Crippen molar-refractivity contribution >= 4 is 29.2 Å². The van der Waals surface area contributed by atoms with Crippen LogP contribution in [0.25, 0.3) is 0 Å². The highest BCUT2D eigenvalue weighted by Crippen LogP contribution is 2.28. The van der Waals surface area contributed by atoms with Crippen LogP contribution in [0, 0.1) is 0 Å². The first-order chi connectivity index (χ1) is 11.6. The van der Waals surface area contributed by atoms with Gasteiger partial charge in [-0.25, -0.2) is 4.79 Å². The van der Waals surface area contributed by atoms with Crippen LogP contribution in [0.15, 0.2) is 48.5 Å². The third kappa shape index (κ3) is 4.41. The summed E-state index contributed by atoms with van der Waals surface area (Å²) in [5.74, 6) is 0. The molecular formula is C18H18Cl2N2O2. The third-order valence-corrected chi connectivity index (χ3v) is 4.33. The second-order valence-electron chi connectivity index (χ2n) is 5.65. The summed E-state index contributed by atoms with van der Waals surface area (Å²) in [6.45, 7) is 2.01. The lowest BCUT2D eigenvalue weighted by atomic mass is 10.1. The van der Waals surface area contributed by atoms with Gasteiger partial charge in [0.1, 0.15) is 6.10 Å². The Morgan fingerprint density at radius 2 is 1.88 bits per heavy atom. The van der Waals surface area contributed by atoms with Gasteiger partial charge in [0, 0.05) is 23.1 Å². The topological polar surface area (TPSA) is 41.6 Å². The molecule has 3 rings (SSSR count). The van der Waals surface area contributed by atoms with Gasteiger partial charge in [-0.05, 0) is 29.3 Å². The van der Waals surface area contributed by atoms with E-state index in [4.69, 9.17) is 27.9 Å². The van der Waals surface area contributed by atoms with Crippen LogP contribution in [0.5, 0.6) is 0 Å². The average Bonchev–Trinajstić information content (AvgIpc) is 2.60. The molecule has 24 heavy (non-hydrogen) atoms. The number of urea groups is 1. The van der Waals surface area contributed by atoms with Crippen LogP contribution < -0.4 is 5.32 Å². The van der Waals surface area contributed by atoms with E-state index in [0.29, 0.717) is 36.3 Å². The van der Waals surface area contributed by atoms with E-state index in [2.05, 4.69) is 5.32 Å². The van der Waals surface area contributed by atoms with Crippen molar-refractivity contribution in [2.24, 2.45) is 0 Å². The molecule has 1 saturated heterocycles. The molecule has 0 aromatic heterocycles. The van der Waals surface area contributed by atoms with E-state index in [9.17, 15) is 4.79 Å². The monoisotopic (exact) mass is 364 g/mol. The molecule has 126 valence electrons. The van der Waals surface area contributed by atoms with Gasteiger partial charge >= 0.3 is 6.03 Å². The number of hydrogen-bond donors (Lipinski definition) is 1. The summed E-state index contributed by atoms with van der Waals surface area (Å²) in [5, 5.41) is 4.07. The molecule has 0 bridgehead atoms. The molecule has 2 amide bonds. The fourth-order valence-electron chi connectivity index (χ4n) is 2.68. The highest BCUT2D eigenvalue weighted by molar-refractivity contribution is 6.34. The number of rotatable bonds is 3. The summed E-state index contributed by atoms with van der Waals surface area (Å²) in [5.41, 5.74) is 1.95. The second-order valence-corrected chi connectivity index (χ2v) is 6.53.